The first-order valence-electron chi connectivity index (χ1n) is 4.90. The summed E-state index contributed by atoms with van der Waals surface area (Å²) >= 11 is 5.04. The molecule has 2 aromatic heterocycles. The van der Waals surface area contributed by atoms with Crippen LogP contribution in [0.3, 0.4) is 0 Å². The van der Waals surface area contributed by atoms with Crippen molar-refractivity contribution in [1.82, 2.24) is 9.78 Å². The SMILES string of the molecule is CC(C)n1cc(C=O)c(-c2cscc2Br)n1. The van der Waals surface area contributed by atoms with Gasteiger partial charge in [-0.2, -0.15) is 16.4 Å². The second kappa shape index (κ2) is 4.51. The summed E-state index contributed by atoms with van der Waals surface area (Å²) in [6, 6.07) is 0.255. The van der Waals surface area contributed by atoms with Crippen molar-refractivity contribution in [1.29, 1.82) is 0 Å². The number of carbonyl (C=O) groups excluding carboxylic acids is 1. The Balaban J connectivity index is 2.56. The third-order valence-electron chi connectivity index (χ3n) is 2.29. The molecule has 0 aliphatic rings. The number of nitrogens with zero attached hydrogens (tertiary/aromatic N) is 2. The van der Waals surface area contributed by atoms with Crippen molar-refractivity contribution < 1.29 is 4.79 Å². The number of halogens is 1. The van der Waals surface area contributed by atoms with E-state index < -0.39 is 0 Å². The van der Waals surface area contributed by atoms with Crippen LogP contribution in [0.4, 0.5) is 0 Å². The molecule has 0 radical (unpaired) electrons. The van der Waals surface area contributed by atoms with E-state index in [1.54, 1.807) is 17.5 Å². The van der Waals surface area contributed by atoms with E-state index in [0.29, 0.717) is 5.56 Å². The Labute approximate surface area is 106 Å². The summed E-state index contributed by atoms with van der Waals surface area (Å²) in [6.07, 6.45) is 2.64. The summed E-state index contributed by atoms with van der Waals surface area (Å²) in [4.78, 5) is 11.0. The maximum Gasteiger partial charge on any atom is 0.153 e. The zero-order valence-corrected chi connectivity index (χ0v) is 11.4. The van der Waals surface area contributed by atoms with Crippen LogP contribution in [-0.4, -0.2) is 16.1 Å². The minimum Gasteiger partial charge on any atom is -0.298 e. The van der Waals surface area contributed by atoms with E-state index in [1.165, 1.54) is 0 Å². The molecule has 0 aliphatic heterocycles. The van der Waals surface area contributed by atoms with E-state index in [9.17, 15) is 4.79 Å². The summed E-state index contributed by atoms with van der Waals surface area (Å²) < 4.78 is 2.79. The van der Waals surface area contributed by atoms with Gasteiger partial charge in [0.2, 0.25) is 0 Å². The average Bonchev–Trinajstić information content (AvgIpc) is 2.82. The normalized spacial score (nSPS) is 11.0. The molecule has 3 nitrogen and oxygen atoms in total. The molecule has 16 heavy (non-hydrogen) atoms. The molecule has 0 unspecified atom stereocenters. The van der Waals surface area contributed by atoms with Crippen molar-refractivity contribution >= 4 is 33.6 Å². The van der Waals surface area contributed by atoms with E-state index in [2.05, 4.69) is 21.0 Å². The molecule has 0 spiro atoms. The lowest BCUT2D eigenvalue weighted by Gasteiger charge is -2.03. The molecule has 0 saturated heterocycles. The lowest BCUT2D eigenvalue weighted by molar-refractivity contribution is 0.112. The standard InChI is InChI=1S/C11H11BrN2OS/c1-7(2)14-3-8(4-15)11(13-14)9-5-16-6-10(9)12/h3-7H,1-2H3. The molecule has 0 fully saturated rings. The van der Waals surface area contributed by atoms with Gasteiger partial charge in [0.15, 0.2) is 6.29 Å². The average molecular weight is 299 g/mol. The number of carbonyl (C=O) groups is 1. The smallest absolute Gasteiger partial charge is 0.153 e. The van der Waals surface area contributed by atoms with Crippen LogP contribution in [0, 0.1) is 0 Å². The number of rotatable bonds is 3. The third kappa shape index (κ3) is 1.97. The van der Waals surface area contributed by atoms with Crippen molar-refractivity contribution in [2.75, 3.05) is 0 Å². The Bertz CT molecular complexity index is 516. The lowest BCUT2D eigenvalue weighted by atomic mass is 10.2. The maximum atomic E-state index is 11.0. The number of thiophene rings is 1. The van der Waals surface area contributed by atoms with Gasteiger partial charge in [-0.05, 0) is 29.8 Å². The molecule has 2 heterocycles. The van der Waals surface area contributed by atoms with Gasteiger partial charge in [0.05, 0.1) is 5.56 Å². The van der Waals surface area contributed by atoms with E-state index in [-0.39, 0.29) is 6.04 Å². The Hall–Kier alpha value is -0.940. The van der Waals surface area contributed by atoms with Crippen molar-refractivity contribution in [3.63, 3.8) is 0 Å². The molecule has 0 bridgehead atoms. The predicted octanol–water partition coefficient (Wildman–Crippen LogP) is 3.77. The fourth-order valence-corrected chi connectivity index (χ4v) is 2.88. The zero-order valence-electron chi connectivity index (χ0n) is 8.98. The van der Waals surface area contributed by atoms with Gasteiger partial charge in [-0.15, -0.1) is 0 Å². The molecule has 0 aromatic carbocycles. The minimum atomic E-state index is 0.255. The zero-order chi connectivity index (χ0) is 11.7. The van der Waals surface area contributed by atoms with Crippen molar-refractivity contribution in [2.24, 2.45) is 0 Å². The maximum absolute atomic E-state index is 11.0. The number of aldehydes is 1. The van der Waals surface area contributed by atoms with E-state index in [0.717, 1.165) is 22.0 Å². The van der Waals surface area contributed by atoms with Crippen LogP contribution >= 0.6 is 27.3 Å². The highest BCUT2D eigenvalue weighted by molar-refractivity contribution is 9.10. The molecule has 0 atom stereocenters. The highest BCUT2D eigenvalue weighted by atomic mass is 79.9. The molecular formula is C11H11BrN2OS. The number of aromatic nitrogens is 2. The second-order valence-corrected chi connectivity index (χ2v) is 5.36. The first-order valence-corrected chi connectivity index (χ1v) is 6.63. The Kier molecular flexibility index (Phi) is 3.25. The van der Waals surface area contributed by atoms with Crippen LogP contribution in [0.1, 0.15) is 30.2 Å². The van der Waals surface area contributed by atoms with Crippen LogP contribution in [-0.2, 0) is 0 Å². The fourth-order valence-electron chi connectivity index (χ4n) is 1.42. The minimum absolute atomic E-state index is 0.255. The van der Waals surface area contributed by atoms with Crippen molar-refractivity contribution in [3.05, 3.63) is 27.0 Å². The van der Waals surface area contributed by atoms with Gasteiger partial charge in [-0.3, -0.25) is 9.48 Å². The fraction of sp³-hybridized carbons (Fsp3) is 0.273. The highest BCUT2D eigenvalue weighted by Gasteiger charge is 2.14. The van der Waals surface area contributed by atoms with Crippen LogP contribution in [0.25, 0.3) is 11.3 Å². The van der Waals surface area contributed by atoms with Gasteiger partial charge < -0.3 is 0 Å². The number of hydrogen-bond acceptors (Lipinski definition) is 3. The van der Waals surface area contributed by atoms with Gasteiger partial charge in [0.1, 0.15) is 5.69 Å². The molecule has 2 rings (SSSR count). The Morgan fingerprint density at radius 2 is 2.25 bits per heavy atom. The Morgan fingerprint density at radius 1 is 1.50 bits per heavy atom. The molecule has 84 valence electrons. The van der Waals surface area contributed by atoms with Gasteiger partial charge in [0, 0.05) is 33.0 Å². The van der Waals surface area contributed by atoms with Crippen LogP contribution in [0.15, 0.2) is 21.4 Å². The molecule has 0 amide bonds. The van der Waals surface area contributed by atoms with Crippen LogP contribution in [0.5, 0.6) is 0 Å². The van der Waals surface area contributed by atoms with Gasteiger partial charge in [-0.25, -0.2) is 0 Å². The summed E-state index contributed by atoms with van der Waals surface area (Å²) in [5.74, 6) is 0. The predicted molar refractivity (Wildman–Crippen MR) is 69.0 cm³/mol. The van der Waals surface area contributed by atoms with Crippen molar-refractivity contribution in [2.45, 2.75) is 19.9 Å². The van der Waals surface area contributed by atoms with Crippen LogP contribution < -0.4 is 0 Å². The monoisotopic (exact) mass is 298 g/mol. The highest BCUT2D eigenvalue weighted by Crippen LogP contribution is 2.32. The van der Waals surface area contributed by atoms with Gasteiger partial charge in [0.25, 0.3) is 0 Å². The van der Waals surface area contributed by atoms with Gasteiger partial charge >= 0.3 is 0 Å². The van der Waals surface area contributed by atoms with E-state index in [4.69, 9.17) is 0 Å². The molecule has 0 saturated carbocycles. The quantitative estimate of drug-likeness (QED) is 0.809. The summed E-state index contributed by atoms with van der Waals surface area (Å²) in [5.41, 5.74) is 2.36. The van der Waals surface area contributed by atoms with E-state index in [1.807, 2.05) is 29.3 Å². The lowest BCUT2D eigenvalue weighted by Crippen LogP contribution is -2.00. The van der Waals surface area contributed by atoms with Gasteiger partial charge in [-0.1, -0.05) is 0 Å². The molecule has 0 N–H and O–H groups in total. The first-order chi connectivity index (χ1) is 7.63. The second-order valence-electron chi connectivity index (χ2n) is 3.76. The molecule has 5 heteroatoms. The van der Waals surface area contributed by atoms with Crippen molar-refractivity contribution in [3.8, 4) is 11.3 Å². The molecule has 2 aromatic rings. The first kappa shape index (κ1) is 11.5. The summed E-state index contributed by atoms with van der Waals surface area (Å²) in [5, 5.41) is 8.42. The molecule has 0 aliphatic carbocycles. The topological polar surface area (TPSA) is 34.9 Å². The summed E-state index contributed by atoms with van der Waals surface area (Å²) in [6.45, 7) is 4.07. The Morgan fingerprint density at radius 3 is 2.75 bits per heavy atom. The van der Waals surface area contributed by atoms with E-state index >= 15 is 0 Å². The van der Waals surface area contributed by atoms with Crippen LogP contribution in [0.2, 0.25) is 0 Å². The summed E-state index contributed by atoms with van der Waals surface area (Å²) in [7, 11) is 0. The molecular weight excluding hydrogens is 288 g/mol. The largest absolute Gasteiger partial charge is 0.298 e. The number of hydrogen-bond donors (Lipinski definition) is 0. The third-order valence-corrected chi connectivity index (χ3v) is 3.99.